The van der Waals surface area contributed by atoms with E-state index >= 15 is 0 Å². The third-order valence-corrected chi connectivity index (χ3v) is 5.75. The molecule has 1 aromatic rings. The van der Waals surface area contributed by atoms with Gasteiger partial charge in [-0.05, 0) is 59.1 Å². The summed E-state index contributed by atoms with van der Waals surface area (Å²) in [6.07, 6.45) is 0. The molecule has 1 heterocycles. The topological polar surface area (TPSA) is 64.6 Å². The summed E-state index contributed by atoms with van der Waals surface area (Å²) >= 11 is 0. The van der Waals surface area contributed by atoms with Gasteiger partial charge in [0, 0.05) is 5.69 Å². The summed E-state index contributed by atoms with van der Waals surface area (Å²) in [5.74, 6) is 0.0344. The van der Waals surface area contributed by atoms with Crippen LogP contribution in [0.25, 0.3) is 0 Å². The zero-order valence-electron chi connectivity index (χ0n) is 14.1. The molecular formula is C15H24BNO4S. The Kier molecular flexibility index (Phi) is 4.36. The summed E-state index contributed by atoms with van der Waals surface area (Å²) in [6, 6.07) is 5.40. The minimum Gasteiger partial charge on any atom is -0.399 e. The molecular weight excluding hydrogens is 301 g/mol. The Balaban J connectivity index is 2.33. The van der Waals surface area contributed by atoms with Crippen LogP contribution in [0.5, 0.6) is 0 Å². The fraction of sp³-hybridized carbons (Fsp3) is 0.600. The van der Waals surface area contributed by atoms with Crippen LogP contribution in [0.15, 0.2) is 18.2 Å². The first-order valence-corrected chi connectivity index (χ1v) is 9.09. The molecule has 7 heteroatoms. The highest BCUT2D eigenvalue weighted by Crippen LogP contribution is 2.36. The maximum Gasteiger partial charge on any atom is 0.495 e. The van der Waals surface area contributed by atoms with E-state index in [0.717, 1.165) is 11.0 Å². The summed E-state index contributed by atoms with van der Waals surface area (Å²) in [6.45, 7) is 11.5. The molecule has 0 bridgehead atoms. The number of benzene rings is 1. The Bertz CT molecular complexity index is 654. The Morgan fingerprint density at radius 2 is 1.68 bits per heavy atom. The van der Waals surface area contributed by atoms with Crippen LogP contribution >= 0.6 is 0 Å². The van der Waals surface area contributed by atoms with Crippen LogP contribution in [0.4, 0.5) is 5.69 Å². The van der Waals surface area contributed by atoms with Crippen molar-refractivity contribution in [3.8, 4) is 0 Å². The van der Waals surface area contributed by atoms with E-state index in [1.54, 1.807) is 19.1 Å². The molecule has 0 unspecified atom stereocenters. The van der Waals surface area contributed by atoms with Crippen LogP contribution < -0.4 is 10.2 Å². The second-order valence-corrected chi connectivity index (χ2v) is 8.68. The minimum absolute atomic E-state index is 0.0344. The average Bonchev–Trinajstić information content (AvgIpc) is 2.60. The second kappa shape index (κ2) is 5.55. The minimum atomic E-state index is -3.30. The van der Waals surface area contributed by atoms with Crippen molar-refractivity contribution in [1.82, 2.24) is 0 Å². The van der Waals surface area contributed by atoms with Gasteiger partial charge in [0.15, 0.2) is 0 Å². The highest BCUT2D eigenvalue weighted by Gasteiger charge is 2.52. The van der Waals surface area contributed by atoms with E-state index in [-0.39, 0.29) is 5.75 Å². The van der Waals surface area contributed by atoms with Crippen LogP contribution in [0, 0.1) is 6.92 Å². The molecule has 5 nitrogen and oxygen atoms in total. The number of sulfonamides is 1. The molecule has 0 radical (unpaired) electrons. The molecule has 0 atom stereocenters. The fourth-order valence-electron chi connectivity index (χ4n) is 2.18. The van der Waals surface area contributed by atoms with E-state index < -0.39 is 28.3 Å². The Hall–Kier alpha value is -1.05. The predicted octanol–water partition coefficient (Wildman–Crippen LogP) is 2.06. The van der Waals surface area contributed by atoms with E-state index in [1.165, 1.54) is 0 Å². The Morgan fingerprint density at radius 3 is 2.18 bits per heavy atom. The maximum atomic E-state index is 11.7. The zero-order valence-corrected chi connectivity index (χ0v) is 14.9. The number of aryl methyl sites for hydroxylation is 1. The lowest BCUT2D eigenvalue weighted by Gasteiger charge is -2.32. The quantitative estimate of drug-likeness (QED) is 0.861. The van der Waals surface area contributed by atoms with E-state index in [9.17, 15) is 8.42 Å². The summed E-state index contributed by atoms with van der Waals surface area (Å²) in [4.78, 5) is 0. The van der Waals surface area contributed by atoms with Gasteiger partial charge in [-0.1, -0.05) is 11.6 Å². The summed E-state index contributed by atoms with van der Waals surface area (Å²) in [5, 5.41) is 0. The first-order valence-electron chi connectivity index (χ1n) is 7.44. The van der Waals surface area contributed by atoms with Crippen molar-refractivity contribution >= 4 is 28.3 Å². The van der Waals surface area contributed by atoms with Crippen LogP contribution in [0.1, 0.15) is 40.2 Å². The third kappa shape index (κ3) is 3.31. The van der Waals surface area contributed by atoms with Gasteiger partial charge in [0.25, 0.3) is 0 Å². The van der Waals surface area contributed by atoms with Crippen molar-refractivity contribution < 1.29 is 17.7 Å². The number of hydrogen-bond donors (Lipinski definition) is 1. The standard InChI is InChI=1S/C15H24BNO4S/c1-7-22(18,19)17-12-9-8-11(2)13(10-12)16-20-14(3,4)15(5,6)21-16/h8-10,17H,7H2,1-6H3. The van der Waals surface area contributed by atoms with Crippen LogP contribution in [0.3, 0.4) is 0 Å². The van der Waals surface area contributed by atoms with Crippen molar-refractivity contribution in [2.24, 2.45) is 0 Å². The molecule has 1 aliphatic heterocycles. The SMILES string of the molecule is CCS(=O)(=O)Nc1ccc(C)c(B2OC(C)(C)C(C)(C)O2)c1. The summed E-state index contributed by atoms with van der Waals surface area (Å²) < 4.78 is 38.1. The van der Waals surface area contributed by atoms with Crippen molar-refractivity contribution in [3.05, 3.63) is 23.8 Å². The largest absolute Gasteiger partial charge is 0.495 e. The molecule has 22 heavy (non-hydrogen) atoms. The van der Waals surface area contributed by atoms with E-state index in [4.69, 9.17) is 9.31 Å². The fourth-order valence-corrected chi connectivity index (χ4v) is 2.81. The smallest absolute Gasteiger partial charge is 0.399 e. The highest BCUT2D eigenvalue weighted by atomic mass is 32.2. The maximum absolute atomic E-state index is 11.7. The van der Waals surface area contributed by atoms with Crippen molar-refractivity contribution in [3.63, 3.8) is 0 Å². The number of anilines is 1. The molecule has 1 fully saturated rings. The third-order valence-electron chi connectivity index (χ3n) is 4.44. The number of nitrogens with one attached hydrogen (secondary N) is 1. The van der Waals surface area contributed by atoms with Gasteiger partial charge in [0.1, 0.15) is 0 Å². The van der Waals surface area contributed by atoms with E-state index in [0.29, 0.717) is 5.69 Å². The zero-order chi connectivity index (χ0) is 16.8. The van der Waals surface area contributed by atoms with Gasteiger partial charge >= 0.3 is 7.12 Å². The first kappa shape index (κ1) is 17.3. The van der Waals surface area contributed by atoms with Gasteiger partial charge in [-0.15, -0.1) is 0 Å². The van der Waals surface area contributed by atoms with Gasteiger partial charge in [0.05, 0.1) is 17.0 Å². The second-order valence-electron chi connectivity index (χ2n) is 6.67. The Labute approximate surface area is 133 Å². The monoisotopic (exact) mass is 325 g/mol. The molecule has 0 amide bonds. The van der Waals surface area contributed by atoms with Crippen LogP contribution in [0.2, 0.25) is 0 Å². The van der Waals surface area contributed by atoms with Crippen LogP contribution in [-0.4, -0.2) is 32.5 Å². The molecule has 1 N–H and O–H groups in total. The molecule has 0 saturated carbocycles. The summed E-state index contributed by atoms with van der Waals surface area (Å²) in [7, 11) is -3.81. The number of hydrogen-bond acceptors (Lipinski definition) is 4. The number of rotatable bonds is 4. The lowest BCUT2D eigenvalue weighted by molar-refractivity contribution is 0.00578. The van der Waals surface area contributed by atoms with E-state index in [1.807, 2.05) is 40.7 Å². The molecule has 2 rings (SSSR count). The molecule has 0 aromatic heterocycles. The van der Waals surface area contributed by atoms with Gasteiger partial charge in [-0.25, -0.2) is 8.42 Å². The van der Waals surface area contributed by atoms with Gasteiger partial charge in [-0.2, -0.15) is 0 Å². The van der Waals surface area contributed by atoms with Crippen LogP contribution in [-0.2, 0) is 19.3 Å². The molecule has 0 spiro atoms. The molecule has 0 aliphatic carbocycles. The molecule has 122 valence electrons. The molecule has 1 aromatic carbocycles. The van der Waals surface area contributed by atoms with Gasteiger partial charge in [0.2, 0.25) is 10.0 Å². The van der Waals surface area contributed by atoms with Crippen molar-refractivity contribution in [2.45, 2.75) is 52.7 Å². The highest BCUT2D eigenvalue weighted by molar-refractivity contribution is 7.92. The summed E-state index contributed by atoms with van der Waals surface area (Å²) in [5.41, 5.74) is 1.51. The lowest BCUT2D eigenvalue weighted by atomic mass is 9.76. The lowest BCUT2D eigenvalue weighted by Crippen LogP contribution is -2.41. The van der Waals surface area contributed by atoms with Crippen molar-refractivity contribution in [1.29, 1.82) is 0 Å². The van der Waals surface area contributed by atoms with Crippen molar-refractivity contribution in [2.75, 3.05) is 10.5 Å². The molecule has 1 saturated heterocycles. The predicted molar refractivity (Wildman–Crippen MR) is 90.0 cm³/mol. The van der Waals surface area contributed by atoms with Gasteiger partial charge in [-0.3, -0.25) is 4.72 Å². The average molecular weight is 325 g/mol. The van der Waals surface area contributed by atoms with E-state index in [2.05, 4.69) is 4.72 Å². The normalized spacial score (nSPS) is 20.2. The Morgan fingerprint density at radius 1 is 1.14 bits per heavy atom. The first-order chi connectivity index (χ1) is 9.97. The molecule has 1 aliphatic rings. The van der Waals surface area contributed by atoms with Gasteiger partial charge < -0.3 is 9.31 Å².